The molecule has 120 valence electrons. The molecule has 6 nitrogen and oxygen atoms in total. The first-order valence-electron chi connectivity index (χ1n) is 7.47. The largest absolute Gasteiger partial charge is 0.494 e. The van der Waals surface area contributed by atoms with Gasteiger partial charge >= 0.3 is 11.9 Å². The van der Waals surface area contributed by atoms with E-state index in [4.69, 9.17) is 14.2 Å². The molecule has 2 heterocycles. The fourth-order valence-corrected chi connectivity index (χ4v) is 2.94. The molecule has 0 saturated heterocycles. The Morgan fingerprint density at radius 1 is 1.00 bits per heavy atom. The predicted molar refractivity (Wildman–Crippen MR) is 81.5 cm³/mol. The molecular weight excluding hydrogens is 312 g/mol. The van der Waals surface area contributed by atoms with Crippen molar-refractivity contribution < 1.29 is 28.6 Å². The topological polar surface area (TPSA) is 78.9 Å². The molecular formula is C18H12O6. The molecule has 24 heavy (non-hydrogen) atoms. The summed E-state index contributed by atoms with van der Waals surface area (Å²) in [6.07, 6.45) is 0. The van der Waals surface area contributed by atoms with Gasteiger partial charge in [0.2, 0.25) is 0 Å². The number of carbonyl (C=O) groups excluding carboxylic acids is 3. The Balaban J connectivity index is 1.75. The summed E-state index contributed by atoms with van der Waals surface area (Å²) in [4.78, 5) is 35.4. The molecule has 2 aliphatic heterocycles. The average molecular weight is 324 g/mol. The van der Waals surface area contributed by atoms with E-state index in [-0.39, 0.29) is 17.1 Å². The Bertz CT molecular complexity index is 881. The molecule has 6 heteroatoms. The maximum Gasteiger partial charge on any atom is 0.385 e. The third-order valence-electron chi connectivity index (χ3n) is 4.03. The zero-order valence-corrected chi connectivity index (χ0v) is 12.7. The third-order valence-corrected chi connectivity index (χ3v) is 4.03. The summed E-state index contributed by atoms with van der Waals surface area (Å²) in [5, 5.41) is 0. The van der Waals surface area contributed by atoms with Gasteiger partial charge in [0.05, 0.1) is 12.2 Å². The van der Waals surface area contributed by atoms with Crippen LogP contribution >= 0.6 is 0 Å². The molecule has 2 aromatic carbocycles. The van der Waals surface area contributed by atoms with Crippen molar-refractivity contribution in [2.75, 3.05) is 6.61 Å². The van der Waals surface area contributed by atoms with Crippen LogP contribution in [0.3, 0.4) is 0 Å². The molecule has 1 unspecified atom stereocenters. The molecule has 0 spiro atoms. The van der Waals surface area contributed by atoms with Crippen LogP contribution in [0.2, 0.25) is 0 Å². The molecule has 2 aromatic rings. The molecule has 0 saturated carbocycles. The van der Waals surface area contributed by atoms with Crippen molar-refractivity contribution in [3.63, 3.8) is 0 Å². The van der Waals surface area contributed by atoms with E-state index < -0.39 is 23.6 Å². The second kappa shape index (κ2) is 5.19. The van der Waals surface area contributed by atoms with Gasteiger partial charge in [-0.1, -0.05) is 12.1 Å². The first-order chi connectivity index (χ1) is 11.6. The summed E-state index contributed by atoms with van der Waals surface area (Å²) in [5.74, 6) is -1.55. The quantitative estimate of drug-likeness (QED) is 0.489. The monoisotopic (exact) mass is 324 g/mol. The Morgan fingerprint density at radius 2 is 1.75 bits per heavy atom. The zero-order chi connectivity index (χ0) is 16.8. The van der Waals surface area contributed by atoms with Crippen LogP contribution in [0.25, 0.3) is 0 Å². The molecule has 0 bridgehead atoms. The highest BCUT2D eigenvalue weighted by molar-refractivity contribution is 6.44. The lowest BCUT2D eigenvalue weighted by molar-refractivity contribution is -0.133. The minimum absolute atomic E-state index is 0.124. The van der Waals surface area contributed by atoms with Crippen molar-refractivity contribution in [3.8, 4) is 17.2 Å². The summed E-state index contributed by atoms with van der Waals surface area (Å²) in [6.45, 7) is 2.45. The Labute approximate surface area is 136 Å². The fourth-order valence-electron chi connectivity index (χ4n) is 2.94. The molecule has 0 N–H and O–H groups in total. The van der Waals surface area contributed by atoms with E-state index >= 15 is 0 Å². The van der Waals surface area contributed by atoms with Gasteiger partial charge in [0, 0.05) is 5.56 Å². The van der Waals surface area contributed by atoms with Gasteiger partial charge in [0.1, 0.15) is 23.2 Å². The standard InChI is InChI=1S/C18H12O6/c1-2-22-10-5-3-9(4-6-10)15-11-7-14-12(16(19)18(21)24-14)8-13(11)23-17(15)20/h3-8,15H,2H2,1H3. The Morgan fingerprint density at radius 3 is 2.46 bits per heavy atom. The van der Waals surface area contributed by atoms with Crippen molar-refractivity contribution in [2.45, 2.75) is 12.8 Å². The molecule has 0 aromatic heterocycles. The van der Waals surface area contributed by atoms with Crippen LogP contribution in [-0.2, 0) is 9.59 Å². The minimum Gasteiger partial charge on any atom is -0.494 e. The Kier molecular flexibility index (Phi) is 3.13. The highest BCUT2D eigenvalue weighted by atomic mass is 16.6. The second-order valence-corrected chi connectivity index (χ2v) is 5.46. The smallest absolute Gasteiger partial charge is 0.385 e. The summed E-state index contributed by atoms with van der Waals surface area (Å²) in [6, 6.07) is 10.1. The van der Waals surface area contributed by atoms with E-state index in [9.17, 15) is 14.4 Å². The second-order valence-electron chi connectivity index (χ2n) is 5.46. The normalized spacial score (nSPS) is 18.0. The van der Waals surface area contributed by atoms with Crippen LogP contribution in [0.15, 0.2) is 36.4 Å². The first-order valence-corrected chi connectivity index (χ1v) is 7.47. The number of hydrogen-bond acceptors (Lipinski definition) is 6. The molecule has 0 aliphatic carbocycles. The number of carbonyl (C=O) groups is 3. The van der Waals surface area contributed by atoms with Crippen molar-refractivity contribution in [2.24, 2.45) is 0 Å². The summed E-state index contributed by atoms with van der Waals surface area (Å²) < 4.78 is 15.6. The highest BCUT2D eigenvalue weighted by Crippen LogP contribution is 2.44. The maximum absolute atomic E-state index is 12.3. The number of ether oxygens (including phenoxy) is 3. The van der Waals surface area contributed by atoms with Gasteiger partial charge < -0.3 is 14.2 Å². The summed E-state index contributed by atoms with van der Waals surface area (Å²) in [5.41, 5.74) is 1.43. The number of esters is 2. The van der Waals surface area contributed by atoms with Gasteiger partial charge in [-0.3, -0.25) is 9.59 Å². The van der Waals surface area contributed by atoms with Gasteiger partial charge in [-0.15, -0.1) is 0 Å². The SMILES string of the molecule is CCOc1ccc(C2C(=O)Oc3cc4c(cc32)OC(=O)C4=O)cc1. The summed E-state index contributed by atoms with van der Waals surface area (Å²) >= 11 is 0. The maximum atomic E-state index is 12.3. The molecule has 1 atom stereocenters. The highest BCUT2D eigenvalue weighted by Gasteiger charge is 2.39. The van der Waals surface area contributed by atoms with Crippen LogP contribution in [0.5, 0.6) is 17.2 Å². The first kappa shape index (κ1) is 14.4. The van der Waals surface area contributed by atoms with E-state index in [1.54, 1.807) is 24.3 Å². The van der Waals surface area contributed by atoms with E-state index in [0.29, 0.717) is 17.9 Å². The molecule has 2 aliphatic rings. The number of Topliss-reactive ketones (excluding diaryl/α,β-unsaturated/α-hetero) is 1. The van der Waals surface area contributed by atoms with E-state index in [2.05, 4.69) is 0 Å². The lowest BCUT2D eigenvalue weighted by atomic mass is 9.91. The lowest BCUT2D eigenvalue weighted by Crippen LogP contribution is -2.12. The van der Waals surface area contributed by atoms with Crippen molar-refractivity contribution in [3.05, 3.63) is 53.1 Å². The number of ketones is 1. The molecule has 0 radical (unpaired) electrons. The van der Waals surface area contributed by atoms with Gasteiger partial charge in [-0.2, -0.15) is 0 Å². The third kappa shape index (κ3) is 2.07. The molecule has 0 amide bonds. The van der Waals surface area contributed by atoms with Crippen LogP contribution in [0.4, 0.5) is 0 Å². The number of rotatable bonds is 3. The number of hydrogen-bond donors (Lipinski definition) is 0. The van der Waals surface area contributed by atoms with Crippen molar-refractivity contribution in [1.82, 2.24) is 0 Å². The van der Waals surface area contributed by atoms with E-state index in [1.807, 2.05) is 6.92 Å². The predicted octanol–water partition coefficient (Wildman–Crippen LogP) is 2.24. The summed E-state index contributed by atoms with van der Waals surface area (Å²) in [7, 11) is 0. The van der Waals surface area contributed by atoms with Crippen LogP contribution in [-0.4, -0.2) is 24.3 Å². The van der Waals surface area contributed by atoms with Crippen molar-refractivity contribution in [1.29, 1.82) is 0 Å². The van der Waals surface area contributed by atoms with Gasteiger partial charge in [0.25, 0.3) is 5.78 Å². The average Bonchev–Trinajstić information content (AvgIpc) is 3.03. The number of fused-ring (bicyclic) bond motifs is 2. The Hall–Kier alpha value is -3.15. The van der Waals surface area contributed by atoms with E-state index in [0.717, 1.165) is 5.56 Å². The van der Waals surface area contributed by atoms with E-state index in [1.165, 1.54) is 12.1 Å². The lowest BCUT2D eigenvalue weighted by Gasteiger charge is -2.09. The number of benzene rings is 2. The van der Waals surface area contributed by atoms with Gasteiger partial charge in [-0.25, -0.2) is 4.79 Å². The van der Waals surface area contributed by atoms with Gasteiger partial charge in [-0.05, 0) is 36.8 Å². The zero-order valence-electron chi connectivity index (χ0n) is 12.7. The molecule has 0 fully saturated rings. The fraction of sp³-hybridized carbons (Fsp3) is 0.167. The van der Waals surface area contributed by atoms with Crippen LogP contribution < -0.4 is 14.2 Å². The van der Waals surface area contributed by atoms with Gasteiger partial charge in [0.15, 0.2) is 0 Å². The van der Waals surface area contributed by atoms with Crippen LogP contribution in [0, 0.1) is 0 Å². The van der Waals surface area contributed by atoms with Crippen molar-refractivity contribution >= 4 is 17.7 Å². The molecule has 4 rings (SSSR count). The minimum atomic E-state index is -0.919. The van der Waals surface area contributed by atoms with Crippen LogP contribution in [0.1, 0.15) is 34.3 Å².